The first-order valence-electron chi connectivity index (χ1n) is 49.3. The van der Waals surface area contributed by atoms with Crippen molar-refractivity contribution in [2.75, 3.05) is 0 Å². The smallest absolute Gasteiger partial charge is 0.238 e. The van der Waals surface area contributed by atoms with Crippen LogP contribution in [0.4, 0.5) is 0 Å². The Bertz CT molecular complexity index is 9870. The van der Waals surface area contributed by atoms with Crippen molar-refractivity contribution < 1.29 is 0 Å². The highest BCUT2D eigenvalue weighted by atomic mass is 15.2. The number of benzene rings is 19. The Morgan fingerprint density at radius 2 is 0.242 bits per heavy atom. The largest absolute Gasteiger partial charge is 0.309 e. The minimum absolute atomic E-state index is 0.539. The van der Waals surface area contributed by atoms with E-state index in [1.54, 1.807) is 0 Å². The van der Waals surface area contributed by atoms with Gasteiger partial charge in [-0.15, -0.1) is 0 Å². The standard InChI is InChI=1S/C48H30N8.C42H27N7.C39H25N5/c1-4-16-31(17-5-1)43-49-44(32-18-6-2-7-19-32)52-47(51-43)56-41-27-15-12-24-37(41)38-30-34(28-29-42(38)56)46-50-45(33-20-8-3-9-21-33)53-48(54-46)55-39-25-13-10-22-35(39)36-23-11-14-26-40(36)55;1-5-15-28(16-6-1)37-43-38(29-17-7-2-8-18-29)45-41(44-37)32-25-26-36-34(27-32)33-23-13-14-24-35(33)49(36)42-47-39(30-19-9-3-10-20-30)46-40(48-42)31-21-11-4-12-22-31;1-3-13-26(14-4-1)37-40-38(42-39(41-37)44-34-21-11-7-17-29(34)30-18-8-12-22-35(30)44)27-23-24-36-32(25-27)31-19-9-10-20-33(31)43(36)28-15-5-2-6-16-28/h1-30H;1-27H;1-25H. The van der Waals surface area contributed by atoms with Crippen molar-refractivity contribution >= 4 is 109 Å². The molecule has 10 heterocycles. The molecule has 149 heavy (non-hydrogen) atoms. The molecular weight excluding hydrogens is 1830 g/mol. The summed E-state index contributed by atoms with van der Waals surface area (Å²) in [4.78, 5) is 75.7. The van der Waals surface area contributed by atoms with Crippen molar-refractivity contribution in [2.24, 2.45) is 0 Å². The van der Waals surface area contributed by atoms with Crippen LogP contribution in [-0.2, 0) is 0 Å². The van der Waals surface area contributed by atoms with Gasteiger partial charge in [0, 0.05) is 121 Å². The fourth-order valence-corrected chi connectivity index (χ4v) is 20.3. The topological polar surface area (TPSA) is 218 Å². The van der Waals surface area contributed by atoms with E-state index in [1.165, 1.54) is 16.2 Å². The van der Waals surface area contributed by atoms with E-state index < -0.39 is 0 Å². The molecule has 0 amide bonds. The molecule has 10 aromatic heterocycles. The van der Waals surface area contributed by atoms with E-state index in [0.717, 1.165) is 160 Å². The second kappa shape index (κ2) is 37.6. The Labute approximate surface area is 853 Å². The van der Waals surface area contributed by atoms with E-state index in [9.17, 15) is 0 Å². The predicted octanol–water partition coefficient (Wildman–Crippen LogP) is 29.8. The number of para-hydroxylation sites is 8. The summed E-state index contributed by atoms with van der Waals surface area (Å²) >= 11 is 0. The molecule has 0 unspecified atom stereocenters. The highest BCUT2D eigenvalue weighted by molar-refractivity contribution is 6.14. The summed E-state index contributed by atoms with van der Waals surface area (Å²) in [6, 6.07) is 169. The van der Waals surface area contributed by atoms with Crippen LogP contribution in [0.1, 0.15) is 0 Å². The average molecular weight is 1910 g/mol. The highest BCUT2D eigenvalue weighted by Gasteiger charge is 2.27. The fourth-order valence-electron chi connectivity index (χ4n) is 20.3. The number of rotatable bonds is 16. The molecule has 0 aliphatic rings. The third-order valence-corrected chi connectivity index (χ3v) is 27.2. The normalized spacial score (nSPS) is 11.5. The van der Waals surface area contributed by atoms with Gasteiger partial charge in [-0.2, -0.15) is 39.9 Å². The Balaban J connectivity index is 0.000000111. The van der Waals surface area contributed by atoms with Gasteiger partial charge in [-0.3, -0.25) is 18.3 Å². The summed E-state index contributed by atoms with van der Waals surface area (Å²) in [7, 11) is 0. The lowest BCUT2D eigenvalue weighted by molar-refractivity contribution is 0.951. The van der Waals surface area contributed by atoms with Crippen LogP contribution in [0.3, 0.4) is 0 Å². The van der Waals surface area contributed by atoms with Gasteiger partial charge in [0.25, 0.3) is 0 Å². The number of fused-ring (bicyclic) bond motifs is 15. The van der Waals surface area contributed by atoms with Crippen LogP contribution in [-0.4, -0.2) is 97.6 Å². The van der Waals surface area contributed by atoms with Crippen molar-refractivity contribution in [3.63, 3.8) is 0 Å². The van der Waals surface area contributed by atoms with Gasteiger partial charge in [-0.25, -0.2) is 34.9 Å². The van der Waals surface area contributed by atoms with Crippen molar-refractivity contribution in [1.29, 1.82) is 0 Å². The van der Waals surface area contributed by atoms with Gasteiger partial charge >= 0.3 is 0 Å². The van der Waals surface area contributed by atoms with Gasteiger partial charge in [0.15, 0.2) is 64.1 Å². The Hall–Kier alpha value is -20.8. The zero-order chi connectivity index (χ0) is 98.6. The van der Waals surface area contributed by atoms with Crippen molar-refractivity contribution in [3.8, 4) is 155 Å². The van der Waals surface area contributed by atoms with Crippen LogP contribution in [0.25, 0.3) is 264 Å². The molecule has 0 saturated heterocycles. The molecule has 0 aliphatic carbocycles. The third-order valence-electron chi connectivity index (χ3n) is 27.2. The number of hydrogen-bond donors (Lipinski definition) is 0. The van der Waals surface area contributed by atoms with Gasteiger partial charge in [0.2, 0.25) is 23.8 Å². The summed E-state index contributed by atoms with van der Waals surface area (Å²) < 4.78 is 10.9. The zero-order valence-corrected chi connectivity index (χ0v) is 79.8. The molecule has 0 aliphatic heterocycles. The van der Waals surface area contributed by atoms with Gasteiger partial charge in [0.05, 0.1) is 55.2 Å². The van der Waals surface area contributed by atoms with E-state index in [4.69, 9.17) is 74.8 Å². The molecule has 0 radical (unpaired) electrons. The minimum atomic E-state index is 0.539. The van der Waals surface area contributed by atoms with Crippen molar-refractivity contribution in [1.82, 2.24) is 97.6 Å². The van der Waals surface area contributed by atoms with Crippen LogP contribution < -0.4 is 0 Å². The molecule has 0 spiro atoms. The molecule has 20 nitrogen and oxygen atoms in total. The molecule has 19 aromatic carbocycles. The molecule has 0 saturated carbocycles. The summed E-state index contributed by atoms with van der Waals surface area (Å²) in [6.07, 6.45) is 0. The third kappa shape index (κ3) is 16.2. The molecule has 29 rings (SSSR count). The summed E-state index contributed by atoms with van der Waals surface area (Å²) in [5.41, 5.74) is 21.6. The quantitative estimate of drug-likeness (QED) is 0.0878. The number of aromatic nitrogens is 20. The molecular formula is C129H82N20. The summed E-state index contributed by atoms with van der Waals surface area (Å²) in [6.45, 7) is 0. The number of nitrogens with zero attached hydrogens (tertiary/aromatic N) is 20. The monoisotopic (exact) mass is 1910 g/mol. The van der Waals surface area contributed by atoms with E-state index in [2.05, 4.69) is 265 Å². The molecule has 29 aromatic rings. The van der Waals surface area contributed by atoms with E-state index >= 15 is 0 Å². The van der Waals surface area contributed by atoms with E-state index in [1.807, 2.05) is 255 Å². The van der Waals surface area contributed by atoms with Gasteiger partial charge < -0.3 is 4.57 Å². The minimum Gasteiger partial charge on any atom is -0.309 e. The van der Waals surface area contributed by atoms with Crippen molar-refractivity contribution in [2.45, 2.75) is 0 Å². The lowest BCUT2D eigenvalue weighted by Gasteiger charge is -2.12. The first-order chi connectivity index (χ1) is 73.9. The Morgan fingerprint density at radius 1 is 0.101 bits per heavy atom. The first-order valence-corrected chi connectivity index (χ1v) is 49.3. The Morgan fingerprint density at radius 3 is 0.450 bits per heavy atom. The van der Waals surface area contributed by atoms with E-state index in [0.29, 0.717) is 87.9 Å². The zero-order valence-electron chi connectivity index (χ0n) is 79.8. The van der Waals surface area contributed by atoms with Crippen LogP contribution in [0.5, 0.6) is 0 Å². The predicted molar refractivity (Wildman–Crippen MR) is 598 cm³/mol. The molecule has 0 fully saturated rings. The first kappa shape index (κ1) is 87.3. The molecule has 698 valence electrons. The van der Waals surface area contributed by atoms with Crippen LogP contribution in [0.15, 0.2) is 497 Å². The SMILES string of the molecule is c1ccc(-c2nc(-c3ccc4c(c3)c3ccccc3n4-c3ccccc3)nc(-n3c4ccccc4c4ccccc43)n2)cc1.c1ccc(-c2nc(-c3ccc4c(c3)c3ccccc3n4-c3nc(-c4ccccc4)nc(-c4ccccc4)n3)nc(-n3c4ccccc4c4ccccc43)n2)cc1.c1ccc(-c2nc(-c3ccccc3)nc(-c3ccc4c(c3)c3ccccc3n4-c3nc(-c4ccccc4)nc(-c4ccccc4)n3)n2)cc1. The van der Waals surface area contributed by atoms with Crippen molar-refractivity contribution in [3.05, 3.63) is 497 Å². The van der Waals surface area contributed by atoms with Gasteiger partial charge in [-0.1, -0.05) is 388 Å². The lowest BCUT2D eigenvalue weighted by Crippen LogP contribution is -2.07. The summed E-state index contributed by atoms with van der Waals surface area (Å²) in [5, 5.41) is 11.2. The Kier molecular flexibility index (Phi) is 22.0. The number of hydrogen-bond acceptors (Lipinski definition) is 15. The maximum Gasteiger partial charge on any atom is 0.238 e. The molecule has 0 bridgehead atoms. The second-order valence-electron chi connectivity index (χ2n) is 36.2. The van der Waals surface area contributed by atoms with Crippen LogP contribution in [0.2, 0.25) is 0 Å². The van der Waals surface area contributed by atoms with Gasteiger partial charge in [0.1, 0.15) is 0 Å². The van der Waals surface area contributed by atoms with Gasteiger partial charge in [-0.05, 0) is 109 Å². The second-order valence-corrected chi connectivity index (χ2v) is 36.2. The van der Waals surface area contributed by atoms with E-state index in [-0.39, 0.29) is 0 Å². The van der Waals surface area contributed by atoms with Crippen LogP contribution in [0, 0.1) is 0 Å². The summed E-state index contributed by atoms with van der Waals surface area (Å²) in [5.74, 6) is 8.96. The molecule has 0 N–H and O–H groups in total. The maximum atomic E-state index is 5.22. The maximum absolute atomic E-state index is 5.22. The molecule has 20 heteroatoms. The average Bonchev–Trinajstić information content (AvgIpc) is 1.59. The highest BCUT2D eigenvalue weighted by Crippen LogP contribution is 2.43. The lowest BCUT2D eigenvalue weighted by atomic mass is 10.1. The fraction of sp³-hybridized carbons (Fsp3) is 0. The van der Waals surface area contributed by atoms with Crippen LogP contribution >= 0.6 is 0 Å². The molecule has 0 atom stereocenters.